The number of rotatable bonds is 4. The van der Waals surface area contributed by atoms with Crippen LogP contribution < -0.4 is 14.8 Å². The highest BCUT2D eigenvalue weighted by molar-refractivity contribution is 5.69. The summed E-state index contributed by atoms with van der Waals surface area (Å²) >= 11 is 0. The maximum atomic E-state index is 11.3. The molecule has 0 radical (unpaired) electrons. The molecule has 1 saturated carbocycles. The van der Waals surface area contributed by atoms with Crippen LogP contribution in [0, 0.1) is 10.1 Å². The van der Waals surface area contributed by atoms with Crippen molar-refractivity contribution in [2.75, 3.05) is 19.2 Å². The van der Waals surface area contributed by atoms with E-state index < -0.39 is 4.92 Å². The average Bonchev–Trinajstić information content (AvgIpc) is 2.94. The minimum atomic E-state index is -0.408. The molecule has 1 aromatic rings. The third-order valence-electron chi connectivity index (χ3n) is 4.03. The monoisotopic (exact) mass is 294 g/mol. The van der Waals surface area contributed by atoms with Crippen LogP contribution in [0.5, 0.6) is 11.5 Å². The van der Waals surface area contributed by atoms with E-state index in [0.29, 0.717) is 17.2 Å². The summed E-state index contributed by atoms with van der Waals surface area (Å²) in [6.07, 6.45) is 4.19. The minimum Gasteiger partial charge on any atom is -0.454 e. The van der Waals surface area contributed by atoms with E-state index in [1.165, 1.54) is 6.07 Å². The number of methoxy groups -OCH3 is 1. The van der Waals surface area contributed by atoms with E-state index >= 15 is 0 Å². The largest absolute Gasteiger partial charge is 0.454 e. The number of nitrogens with one attached hydrogen (secondary N) is 1. The smallest absolute Gasteiger partial charge is 0.296 e. The molecule has 0 aromatic heterocycles. The molecular weight excluding hydrogens is 276 g/mol. The maximum absolute atomic E-state index is 11.3. The second-order valence-corrected chi connectivity index (χ2v) is 5.29. The van der Waals surface area contributed by atoms with Gasteiger partial charge in [-0.15, -0.1) is 0 Å². The molecule has 0 bridgehead atoms. The fourth-order valence-electron chi connectivity index (χ4n) is 2.94. The number of anilines is 1. The number of benzene rings is 1. The van der Waals surface area contributed by atoms with Crippen molar-refractivity contribution < 1.29 is 19.1 Å². The lowest BCUT2D eigenvalue weighted by molar-refractivity contribution is -0.384. The van der Waals surface area contributed by atoms with Crippen molar-refractivity contribution in [1.82, 2.24) is 0 Å². The van der Waals surface area contributed by atoms with Crippen LogP contribution in [0.3, 0.4) is 0 Å². The molecule has 7 heteroatoms. The molecule has 1 aliphatic heterocycles. The molecule has 2 aliphatic rings. The summed E-state index contributed by atoms with van der Waals surface area (Å²) in [4.78, 5) is 10.8. The Hall–Kier alpha value is -2.02. The molecule has 21 heavy (non-hydrogen) atoms. The summed E-state index contributed by atoms with van der Waals surface area (Å²) in [5, 5.41) is 14.5. The lowest BCUT2D eigenvalue weighted by Gasteiger charge is -2.31. The Morgan fingerprint density at radius 1 is 1.29 bits per heavy atom. The third kappa shape index (κ3) is 2.73. The van der Waals surface area contributed by atoms with Crippen LogP contribution in [0.25, 0.3) is 0 Å². The van der Waals surface area contributed by atoms with Gasteiger partial charge in [-0.3, -0.25) is 10.1 Å². The lowest BCUT2D eigenvalue weighted by atomic mass is 9.92. The Labute approximate surface area is 122 Å². The van der Waals surface area contributed by atoms with Gasteiger partial charge in [-0.1, -0.05) is 12.8 Å². The summed E-state index contributed by atoms with van der Waals surface area (Å²) in [7, 11) is 1.68. The first-order valence-electron chi connectivity index (χ1n) is 7.06. The third-order valence-corrected chi connectivity index (χ3v) is 4.03. The van der Waals surface area contributed by atoms with Crippen molar-refractivity contribution in [2.24, 2.45) is 0 Å². The molecule has 7 nitrogen and oxygen atoms in total. The molecule has 1 heterocycles. The number of ether oxygens (including phenoxy) is 3. The van der Waals surface area contributed by atoms with Gasteiger partial charge in [-0.2, -0.15) is 0 Å². The van der Waals surface area contributed by atoms with Gasteiger partial charge in [0.15, 0.2) is 11.5 Å². The van der Waals surface area contributed by atoms with Crippen molar-refractivity contribution in [3.63, 3.8) is 0 Å². The van der Waals surface area contributed by atoms with Gasteiger partial charge in [0.2, 0.25) is 6.79 Å². The van der Waals surface area contributed by atoms with E-state index in [-0.39, 0.29) is 24.6 Å². The molecule has 0 amide bonds. The Balaban J connectivity index is 1.88. The fourth-order valence-corrected chi connectivity index (χ4v) is 2.94. The predicted molar refractivity (Wildman–Crippen MR) is 75.9 cm³/mol. The SMILES string of the molecule is COC1CCCCC1Nc1cc2c(cc1[N+](=O)[O-])OCO2. The predicted octanol–water partition coefficient (Wildman–Crippen LogP) is 2.69. The second-order valence-electron chi connectivity index (χ2n) is 5.29. The summed E-state index contributed by atoms with van der Waals surface area (Å²) < 4.78 is 16.0. The van der Waals surface area contributed by atoms with E-state index in [1.54, 1.807) is 13.2 Å². The number of hydrogen-bond acceptors (Lipinski definition) is 6. The summed E-state index contributed by atoms with van der Waals surface area (Å²) in [5.74, 6) is 0.951. The van der Waals surface area contributed by atoms with E-state index in [0.717, 1.165) is 25.7 Å². The van der Waals surface area contributed by atoms with E-state index in [4.69, 9.17) is 14.2 Å². The fraction of sp³-hybridized carbons (Fsp3) is 0.571. The van der Waals surface area contributed by atoms with Gasteiger partial charge in [-0.05, 0) is 12.8 Å². The van der Waals surface area contributed by atoms with Crippen LogP contribution in [-0.2, 0) is 4.74 Å². The molecule has 3 rings (SSSR count). The number of nitrogens with zero attached hydrogens (tertiary/aromatic N) is 1. The lowest BCUT2D eigenvalue weighted by Crippen LogP contribution is -2.37. The topological polar surface area (TPSA) is 82.9 Å². The van der Waals surface area contributed by atoms with Crippen molar-refractivity contribution in [3.8, 4) is 11.5 Å². The Kier molecular flexibility index (Phi) is 3.83. The Bertz CT molecular complexity index is 548. The molecule has 0 spiro atoms. The van der Waals surface area contributed by atoms with Gasteiger partial charge < -0.3 is 19.5 Å². The van der Waals surface area contributed by atoms with Gasteiger partial charge in [0, 0.05) is 13.2 Å². The first-order valence-corrected chi connectivity index (χ1v) is 7.06. The van der Waals surface area contributed by atoms with Gasteiger partial charge >= 0.3 is 0 Å². The zero-order chi connectivity index (χ0) is 14.8. The Morgan fingerprint density at radius 3 is 2.71 bits per heavy atom. The first-order chi connectivity index (χ1) is 10.2. The molecule has 114 valence electrons. The van der Waals surface area contributed by atoms with Crippen LogP contribution in [0.15, 0.2) is 12.1 Å². The number of fused-ring (bicyclic) bond motifs is 1. The van der Waals surface area contributed by atoms with Crippen LogP contribution >= 0.6 is 0 Å². The molecule has 2 atom stereocenters. The molecule has 1 aliphatic carbocycles. The van der Waals surface area contributed by atoms with E-state index in [1.807, 2.05) is 0 Å². The van der Waals surface area contributed by atoms with Crippen LogP contribution in [0.1, 0.15) is 25.7 Å². The highest BCUT2D eigenvalue weighted by Gasteiger charge is 2.29. The summed E-state index contributed by atoms with van der Waals surface area (Å²) in [6, 6.07) is 3.12. The molecule has 2 unspecified atom stereocenters. The molecule has 1 N–H and O–H groups in total. The Morgan fingerprint density at radius 2 is 2.00 bits per heavy atom. The molecule has 1 fully saturated rings. The quantitative estimate of drug-likeness (QED) is 0.679. The standard InChI is InChI=1S/C14H18N2O5/c1-19-12-5-3-2-4-9(12)15-10-6-13-14(21-8-20-13)7-11(10)16(17)18/h6-7,9,12,15H,2-5,8H2,1H3. The second kappa shape index (κ2) is 5.77. The van der Waals surface area contributed by atoms with Crippen molar-refractivity contribution >= 4 is 11.4 Å². The highest BCUT2D eigenvalue weighted by Crippen LogP contribution is 2.41. The van der Waals surface area contributed by atoms with E-state index in [2.05, 4.69) is 5.32 Å². The number of nitro groups is 1. The van der Waals surface area contributed by atoms with Crippen LogP contribution in [0.2, 0.25) is 0 Å². The zero-order valence-corrected chi connectivity index (χ0v) is 11.8. The van der Waals surface area contributed by atoms with Crippen molar-refractivity contribution in [3.05, 3.63) is 22.2 Å². The van der Waals surface area contributed by atoms with Gasteiger partial charge in [0.25, 0.3) is 5.69 Å². The molecular formula is C14H18N2O5. The van der Waals surface area contributed by atoms with Crippen LogP contribution in [0.4, 0.5) is 11.4 Å². The maximum Gasteiger partial charge on any atom is 0.296 e. The van der Waals surface area contributed by atoms with Gasteiger partial charge in [-0.25, -0.2) is 0 Å². The normalized spacial score (nSPS) is 23.9. The first kappa shape index (κ1) is 13.9. The average molecular weight is 294 g/mol. The minimum absolute atomic E-state index is 0.000300. The van der Waals surface area contributed by atoms with Crippen molar-refractivity contribution in [2.45, 2.75) is 37.8 Å². The van der Waals surface area contributed by atoms with Crippen molar-refractivity contribution in [1.29, 1.82) is 0 Å². The molecule has 1 aromatic carbocycles. The summed E-state index contributed by atoms with van der Waals surface area (Å²) in [6.45, 7) is 0.0973. The number of nitro benzene ring substituents is 1. The van der Waals surface area contributed by atoms with Gasteiger partial charge in [0.1, 0.15) is 5.69 Å². The zero-order valence-electron chi connectivity index (χ0n) is 11.8. The van der Waals surface area contributed by atoms with Gasteiger partial charge in [0.05, 0.1) is 23.1 Å². The number of hydrogen-bond donors (Lipinski definition) is 1. The van der Waals surface area contributed by atoms with Crippen LogP contribution in [-0.4, -0.2) is 31.0 Å². The van der Waals surface area contributed by atoms with E-state index in [9.17, 15) is 10.1 Å². The summed E-state index contributed by atoms with van der Waals surface area (Å²) in [5.41, 5.74) is 0.456. The highest BCUT2D eigenvalue weighted by atomic mass is 16.7. The molecule has 0 saturated heterocycles.